The van der Waals surface area contributed by atoms with E-state index in [0.717, 1.165) is 19.7 Å². The van der Waals surface area contributed by atoms with Crippen LogP contribution in [0, 0.1) is 13.8 Å². The van der Waals surface area contributed by atoms with Crippen LogP contribution < -0.4 is 0 Å². The topological polar surface area (TPSA) is 84.0 Å². The van der Waals surface area contributed by atoms with Crippen molar-refractivity contribution in [3.05, 3.63) is 59.7 Å². The first-order chi connectivity index (χ1) is 13.2. The minimum Gasteiger partial charge on any atom is -0.379 e. The summed E-state index contributed by atoms with van der Waals surface area (Å²) in [6.07, 6.45) is 0. The molecule has 9 heteroatoms. The largest absolute Gasteiger partial charge is 0.379 e. The van der Waals surface area contributed by atoms with Crippen molar-refractivity contribution in [3.8, 4) is 0 Å². The van der Waals surface area contributed by atoms with Gasteiger partial charge < -0.3 is 4.74 Å². The molecule has 1 heterocycles. The maximum absolute atomic E-state index is 13.1. The summed E-state index contributed by atoms with van der Waals surface area (Å²) < 4.78 is 60.0. The normalized spacial score (nSPS) is 17.8. The molecule has 3 rings (SSSR count). The first-order valence-corrected chi connectivity index (χ1v) is 11.8. The minimum atomic E-state index is -3.85. The predicted molar refractivity (Wildman–Crippen MR) is 106 cm³/mol. The lowest BCUT2D eigenvalue weighted by Gasteiger charge is -2.31. The lowest BCUT2D eigenvalue weighted by Crippen LogP contribution is -2.48. The second-order valence-electron chi connectivity index (χ2n) is 6.74. The zero-order valence-electron chi connectivity index (χ0n) is 15.9. The fraction of sp³-hybridized carbons (Fsp3) is 0.368. The molecule has 2 aromatic carbocycles. The van der Waals surface area contributed by atoms with Crippen molar-refractivity contribution in [3.63, 3.8) is 0 Å². The molecule has 0 bridgehead atoms. The summed E-state index contributed by atoms with van der Waals surface area (Å²) in [5.41, 5.74) is 1.89. The highest BCUT2D eigenvalue weighted by Crippen LogP contribution is 2.22. The molecule has 0 unspecified atom stereocenters. The summed E-state index contributed by atoms with van der Waals surface area (Å²) in [5.74, 6) is 0. The first-order valence-electron chi connectivity index (χ1n) is 8.93. The number of benzene rings is 2. The van der Waals surface area contributed by atoms with E-state index in [0.29, 0.717) is 0 Å². The minimum absolute atomic E-state index is 0.0795. The average Bonchev–Trinajstić information content (AvgIpc) is 2.62. The van der Waals surface area contributed by atoms with Gasteiger partial charge in [-0.25, -0.2) is 16.8 Å². The van der Waals surface area contributed by atoms with Gasteiger partial charge >= 0.3 is 0 Å². The Hall–Kier alpha value is -1.78. The lowest BCUT2D eigenvalue weighted by atomic mass is 10.2. The molecule has 1 aliphatic rings. The summed E-state index contributed by atoms with van der Waals surface area (Å²) in [5, 5.41) is 0. The number of rotatable bonds is 4. The lowest BCUT2D eigenvalue weighted by molar-refractivity contribution is 0.0805. The number of sulfonamides is 2. The monoisotopic (exact) mass is 424 g/mol. The van der Waals surface area contributed by atoms with Crippen molar-refractivity contribution in [2.24, 2.45) is 0 Å². The summed E-state index contributed by atoms with van der Waals surface area (Å²) in [7, 11) is -7.71. The number of hydrogen-bond donors (Lipinski definition) is 0. The van der Waals surface area contributed by atoms with E-state index >= 15 is 0 Å². The highest BCUT2D eigenvalue weighted by Gasteiger charge is 2.33. The van der Waals surface area contributed by atoms with Crippen molar-refractivity contribution in [2.45, 2.75) is 23.6 Å². The van der Waals surface area contributed by atoms with E-state index < -0.39 is 20.0 Å². The zero-order chi connectivity index (χ0) is 20.4. The van der Waals surface area contributed by atoms with E-state index in [1.807, 2.05) is 13.8 Å². The second kappa shape index (κ2) is 8.30. The van der Waals surface area contributed by atoms with Crippen molar-refractivity contribution in [2.75, 3.05) is 33.0 Å². The number of nitrogens with zero attached hydrogens (tertiary/aromatic N) is 2. The van der Waals surface area contributed by atoms with Crippen LogP contribution in [0.3, 0.4) is 0 Å². The SMILES string of the molecule is Cc1ccc(S(=O)(=O)N2CCOCCN(S(=O)(=O)c3ccc(C)cc3)C2)cc1. The molecule has 0 atom stereocenters. The van der Waals surface area contributed by atoms with Crippen molar-refractivity contribution in [1.29, 1.82) is 0 Å². The van der Waals surface area contributed by atoms with Gasteiger partial charge in [0.1, 0.15) is 0 Å². The van der Waals surface area contributed by atoms with Crippen LogP contribution >= 0.6 is 0 Å². The van der Waals surface area contributed by atoms with Gasteiger partial charge in [-0.2, -0.15) is 8.61 Å². The standard InChI is InChI=1S/C19H24N2O5S2/c1-16-3-7-18(8-4-16)27(22,23)20-11-13-26-14-12-21(15-20)28(24,25)19-9-5-17(2)6-10-19/h3-10H,11-15H2,1-2H3. The van der Waals surface area contributed by atoms with Crippen LogP contribution in [0.25, 0.3) is 0 Å². The summed E-state index contributed by atoms with van der Waals surface area (Å²) in [6.45, 7) is 4.07. The van der Waals surface area contributed by atoms with Gasteiger partial charge in [-0.3, -0.25) is 0 Å². The molecule has 28 heavy (non-hydrogen) atoms. The molecule has 0 saturated carbocycles. The van der Waals surface area contributed by atoms with Gasteiger partial charge in [0.15, 0.2) is 0 Å². The zero-order valence-corrected chi connectivity index (χ0v) is 17.5. The molecular formula is C19H24N2O5S2. The third-order valence-corrected chi connectivity index (χ3v) is 8.29. The van der Waals surface area contributed by atoms with Gasteiger partial charge in [0.2, 0.25) is 20.0 Å². The fourth-order valence-electron chi connectivity index (χ4n) is 2.86. The van der Waals surface area contributed by atoms with Crippen LogP contribution in [0.15, 0.2) is 58.3 Å². The molecule has 0 aromatic heterocycles. The van der Waals surface area contributed by atoms with Crippen LogP contribution in [0.4, 0.5) is 0 Å². The van der Waals surface area contributed by atoms with Crippen molar-refractivity contribution in [1.82, 2.24) is 8.61 Å². The molecule has 0 spiro atoms. The highest BCUT2D eigenvalue weighted by atomic mass is 32.2. The average molecular weight is 425 g/mol. The predicted octanol–water partition coefficient (Wildman–Crippen LogP) is 1.97. The second-order valence-corrected chi connectivity index (χ2v) is 10.6. The molecule has 2 aromatic rings. The first kappa shape index (κ1) is 20.9. The molecular weight excluding hydrogens is 400 g/mol. The van der Waals surface area contributed by atoms with Gasteiger partial charge in [-0.05, 0) is 38.1 Å². The summed E-state index contributed by atoms with van der Waals surface area (Å²) >= 11 is 0. The van der Waals surface area contributed by atoms with Gasteiger partial charge in [0.05, 0.1) is 29.7 Å². The Balaban J connectivity index is 1.93. The summed E-state index contributed by atoms with van der Waals surface area (Å²) in [6, 6.07) is 13.0. The Morgan fingerprint density at radius 3 is 1.39 bits per heavy atom. The van der Waals surface area contributed by atoms with E-state index in [2.05, 4.69) is 0 Å². The van der Waals surface area contributed by atoms with Gasteiger partial charge in [-0.15, -0.1) is 0 Å². The number of ether oxygens (including phenoxy) is 1. The Labute approximate surface area is 166 Å². The molecule has 1 saturated heterocycles. The van der Waals surface area contributed by atoms with Crippen molar-refractivity contribution >= 4 is 20.0 Å². The summed E-state index contributed by atoms with van der Waals surface area (Å²) in [4.78, 5) is 0.262. The molecule has 1 fully saturated rings. The maximum Gasteiger partial charge on any atom is 0.244 e. The van der Waals surface area contributed by atoms with Crippen LogP contribution in [-0.4, -0.2) is 58.4 Å². The third-order valence-electron chi connectivity index (χ3n) is 4.60. The molecule has 152 valence electrons. The van der Waals surface area contributed by atoms with Gasteiger partial charge in [0, 0.05) is 13.1 Å². The van der Waals surface area contributed by atoms with E-state index in [1.165, 1.54) is 24.3 Å². The quantitative estimate of drug-likeness (QED) is 0.749. The maximum atomic E-state index is 13.1. The van der Waals surface area contributed by atoms with Crippen LogP contribution in [0.5, 0.6) is 0 Å². The van der Waals surface area contributed by atoms with Gasteiger partial charge in [0.25, 0.3) is 0 Å². The Morgan fingerprint density at radius 1 is 0.679 bits per heavy atom. The van der Waals surface area contributed by atoms with E-state index in [1.54, 1.807) is 24.3 Å². The van der Waals surface area contributed by atoms with Crippen LogP contribution in [-0.2, 0) is 24.8 Å². The van der Waals surface area contributed by atoms with Gasteiger partial charge in [-0.1, -0.05) is 35.4 Å². The third kappa shape index (κ3) is 4.44. The van der Waals surface area contributed by atoms with Crippen molar-refractivity contribution < 1.29 is 21.6 Å². The van der Waals surface area contributed by atoms with E-state index in [9.17, 15) is 16.8 Å². The molecule has 0 amide bonds. The molecule has 0 radical (unpaired) electrons. The molecule has 7 nitrogen and oxygen atoms in total. The smallest absolute Gasteiger partial charge is 0.244 e. The fourth-order valence-corrected chi connectivity index (χ4v) is 5.71. The Bertz CT molecular complexity index is 933. The molecule has 0 aliphatic carbocycles. The van der Waals surface area contributed by atoms with Crippen LogP contribution in [0.1, 0.15) is 11.1 Å². The molecule has 1 aliphatic heterocycles. The number of aryl methyl sites for hydroxylation is 2. The molecule has 0 N–H and O–H groups in total. The number of hydrogen-bond acceptors (Lipinski definition) is 5. The van der Waals surface area contributed by atoms with E-state index in [-0.39, 0.29) is 42.8 Å². The van der Waals surface area contributed by atoms with Crippen LogP contribution in [0.2, 0.25) is 0 Å². The Kier molecular flexibility index (Phi) is 6.21. The Morgan fingerprint density at radius 2 is 1.04 bits per heavy atom. The van der Waals surface area contributed by atoms with E-state index in [4.69, 9.17) is 4.74 Å². The highest BCUT2D eigenvalue weighted by molar-refractivity contribution is 7.90.